The maximum absolute atomic E-state index is 13.3. The number of hydrogen-bond donors (Lipinski definition) is 1. The van der Waals surface area contributed by atoms with E-state index in [1.165, 1.54) is 0 Å². The standard InChI is InChI=1S/C24H22F3NO3/c1-10-6-11(2)17(12(3)7-10)19-21(29)18-16-9-14(23(31-16)20(18)22(19)30)15-8-13(4-5-28-15)24(25,26)27/h4-8,14,16,18,20,23,30H,9H2,1-3H3/t14-,16-,18-,20+,23+/m0/s1. The van der Waals surface area contributed by atoms with Crippen molar-refractivity contribution in [3.05, 3.63) is 69.7 Å². The Bertz CT molecular complexity index is 1110. The number of nitrogens with zero attached hydrogens (tertiary/aromatic N) is 1. The molecule has 2 saturated heterocycles. The molecule has 0 spiro atoms. The lowest BCUT2D eigenvalue weighted by atomic mass is 9.73. The number of rotatable bonds is 2. The number of aryl methyl sites for hydroxylation is 3. The summed E-state index contributed by atoms with van der Waals surface area (Å²) in [6.45, 7) is 5.80. The number of halogens is 3. The fourth-order valence-corrected chi connectivity index (χ4v) is 5.80. The van der Waals surface area contributed by atoms with E-state index in [2.05, 4.69) is 4.98 Å². The lowest BCUT2D eigenvalue weighted by Crippen LogP contribution is -2.34. The lowest BCUT2D eigenvalue weighted by Gasteiger charge is -2.27. The van der Waals surface area contributed by atoms with E-state index in [4.69, 9.17) is 4.74 Å². The number of pyridine rings is 1. The third kappa shape index (κ3) is 2.93. The van der Waals surface area contributed by atoms with E-state index in [1.807, 2.05) is 32.9 Å². The lowest BCUT2D eigenvalue weighted by molar-refractivity contribution is -0.137. The molecule has 1 aromatic heterocycles. The van der Waals surface area contributed by atoms with Gasteiger partial charge in [-0.1, -0.05) is 17.7 Å². The molecule has 1 aromatic carbocycles. The molecule has 2 bridgehead atoms. The van der Waals surface area contributed by atoms with Gasteiger partial charge in [-0.15, -0.1) is 0 Å². The summed E-state index contributed by atoms with van der Waals surface area (Å²) in [7, 11) is 0. The largest absolute Gasteiger partial charge is 0.511 e. The van der Waals surface area contributed by atoms with Gasteiger partial charge in [-0.2, -0.15) is 13.2 Å². The van der Waals surface area contributed by atoms with Crippen LogP contribution in [0.4, 0.5) is 13.2 Å². The van der Waals surface area contributed by atoms with Gasteiger partial charge in [-0.05, 0) is 56.0 Å². The Morgan fingerprint density at radius 3 is 2.42 bits per heavy atom. The van der Waals surface area contributed by atoms with Gasteiger partial charge in [0.25, 0.3) is 0 Å². The first-order valence-electron chi connectivity index (χ1n) is 10.3. The van der Waals surface area contributed by atoms with E-state index in [0.717, 1.165) is 40.6 Å². The van der Waals surface area contributed by atoms with Crippen molar-refractivity contribution in [3.63, 3.8) is 0 Å². The molecule has 4 nitrogen and oxygen atoms in total. The van der Waals surface area contributed by atoms with Gasteiger partial charge < -0.3 is 9.84 Å². The van der Waals surface area contributed by atoms with Crippen LogP contribution in [0.5, 0.6) is 0 Å². The van der Waals surface area contributed by atoms with Crippen LogP contribution in [0.3, 0.4) is 0 Å². The minimum Gasteiger partial charge on any atom is -0.511 e. The first-order valence-corrected chi connectivity index (χ1v) is 10.3. The number of aliphatic hydroxyl groups excluding tert-OH is 1. The van der Waals surface area contributed by atoms with Crippen LogP contribution in [0.1, 0.15) is 45.8 Å². The summed E-state index contributed by atoms with van der Waals surface area (Å²) < 4.78 is 45.5. The number of Topliss-reactive ketones (excluding diaryl/α,β-unsaturated/α-hetero) is 1. The maximum Gasteiger partial charge on any atom is 0.416 e. The topological polar surface area (TPSA) is 59.4 Å². The van der Waals surface area contributed by atoms with Gasteiger partial charge in [0.2, 0.25) is 0 Å². The summed E-state index contributed by atoms with van der Waals surface area (Å²) in [6.07, 6.45) is -3.90. The molecule has 31 heavy (non-hydrogen) atoms. The number of ether oxygens (including phenoxy) is 1. The zero-order valence-corrected chi connectivity index (χ0v) is 17.3. The Morgan fingerprint density at radius 1 is 1.10 bits per heavy atom. The van der Waals surface area contributed by atoms with Crippen molar-refractivity contribution >= 4 is 11.4 Å². The van der Waals surface area contributed by atoms with Gasteiger partial charge in [0.15, 0.2) is 5.78 Å². The van der Waals surface area contributed by atoms with Gasteiger partial charge >= 0.3 is 6.18 Å². The fourth-order valence-electron chi connectivity index (χ4n) is 5.80. The molecule has 3 aliphatic rings. The molecule has 3 heterocycles. The SMILES string of the molecule is Cc1cc(C)c(C2=C(O)[C@@H]3[C@@H]4O[C@@H](C[C@H]4c4cc(C(F)(F)F)ccn4)[C@@H]3C2=O)c(C)c1. The summed E-state index contributed by atoms with van der Waals surface area (Å²) in [6, 6.07) is 5.95. The summed E-state index contributed by atoms with van der Waals surface area (Å²) in [4.78, 5) is 17.5. The Morgan fingerprint density at radius 2 is 1.77 bits per heavy atom. The quantitative estimate of drug-likeness (QED) is 0.725. The number of aromatic nitrogens is 1. The predicted molar refractivity (Wildman–Crippen MR) is 107 cm³/mol. The normalized spacial score (nSPS) is 29.7. The summed E-state index contributed by atoms with van der Waals surface area (Å²) in [5.74, 6) is -1.59. The Kier molecular flexibility index (Phi) is 4.35. The molecule has 5 atom stereocenters. The highest BCUT2D eigenvalue weighted by atomic mass is 19.4. The molecule has 162 valence electrons. The summed E-state index contributed by atoms with van der Waals surface area (Å²) in [5, 5.41) is 11.2. The van der Waals surface area contributed by atoms with Gasteiger partial charge in [-0.3, -0.25) is 9.78 Å². The number of allylic oxidation sites excluding steroid dienone is 1. The number of aliphatic hydroxyl groups is 1. The molecule has 0 unspecified atom stereocenters. The molecule has 1 aliphatic carbocycles. The molecule has 2 fully saturated rings. The second-order valence-corrected chi connectivity index (χ2v) is 8.90. The van der Waals surface area contributed by atoms with Crippen LogP contribution in [0.15, 0.2) is 36.2 Å². The Hall–Kier alpha value is -2.67. The van der Waals surface area contributed by atoms with Crippen molar-refractivity contribution in [2.24, 2.45) is 11.8 Å². The molecule has 2 aliphatic heterocycles. The van der Waals surface area contributed by atoms with Crippen LogP contribution in [0.25, 0.3) is 5.57 Å². The minimum atomic E-state index is -4.46. The minimum absolute atomic E-state index is 0.00534. The van der Waals surface area contributed by atoms with Crippen LogP contribution in [-0.4, -0.2) is 28.1 Å². The first-order chi connectivity index (χ1) is 14.6. The molecule has 7 heteroatoms. The van der Waals surface area contributed by atoms with Crippen LogP contribution < -0.4 is 0 Å². The zero-order valence-electron chi connectivity index (χ0n) is 17.3. The number of benzene rings is 1. The van der Waals surface area contributed by atoms with Gasteiger partial charge in [-0.25, -0.2) is 0 Å². The van der Waals surface area contributed by atoms with E-state index >= 15 is 0 Å². The van der Waals surface area contributed by atoms with Crippen molar-refractivity contribution in [2.45, 2.75) is 51.5 Å². The summed E-state index contributed by atoms with van der Waals surface area (Å²) in [5.41, 5.74) is 3.51. The molecule has 1 N–H and O–H groups in total. The van der Waals surface area contributed by atoms with E-state index in [0.29, 0.717) is 12.0 Å². The van der Waals surface area contributed by atoms with E-state index in [-0.39, 0.29) is 17.2 Å². The average Bonchev–Trinajstić information content (AvgIpc) is 3.34. The third-order valence-electron chi connectivity index (χ3n) is 6.89. The molecule has 0 radical (unpaired) electrons. The van der Waals surface area contributed by atoms with Crippen LogP contribution in [0.2, 0.25) is 0 Å². The first kappa shape index (κ1) is 20.2. The van der Waals surface area contributed by atoms with Gasteiger partial charge in [0.1, 0.15) is 5.76 Å². The number of carbonyl (C=O) groups excluding carboxylic acids is 1. The van der Waals surface area contributed by atoms with Gasteiger partial charge in [0.05, 0.1) is 35.2 Å². The number of carbonyl (C=O) groups is 1. The second-order valence-electron chi connectivity index (χ2n) is 8.90. The number of alkyl halides is 3. The van der Waals surface area contributed by atoms with Crippen LogP contribution >= 0.6 is 0 Å². The van der Waals surface area contributed by atoms with E-state index in [1.54, 1.807) is 0 Å². The van der Waals surface area contributed by atoms with Crippen LogP contribution in [-0.2, 0) is 15.7 Å². The highest BCUT2D eigenvalue weighted by molar-refractivity contribution is 6.26. The van der Waals surface area contributed by atoms with Crippen molar-refractivity contribution in [1.82, 2.24) is 4.98 Å². The molecule has 0 saturated carbocycles. The van der Waals surface area contributed by atoms with Gasteiger partial charge in [0, 0.05) is 17.8 Å². The van der Waals surface area contributed by atoms with E-state index in [9.17, 15) is 23.1 Å². The third-order valence-corrected chi connectivity index (χ3v) is 6.89. The Balaban J connectivity index is 1.55. The smallest absolute Gasteiger partial charge is 0.416 e. The highest BCUT2D eigenvalue weighted by Crippen LogP contribution is 2.58. The Labute approximate surface area is 177 Å². The van der Waals surface area contributed by atoms with Crippen molar-refractivity contribution in [3.8, 4) is 0 Å². The predicted octanol–water partition coefficient (Wildman–Crippen LogP) is 5.06. The molecule has 5 rings (SSSR count). The monoisotopic (exact) mass is 429 g/mol. The highest BCUT2D eigenvalue weighted by Gasteiger charge is 2.63. The molecule has 0 amide bonds. The maximum atomic E-state index is 13.3. The van der Waals surface area contributed by atoms with Crippen molar-refractivity contribution in [2.75, 3.05) is 0 Å². The number of hydrogen-bond acceptors (Lipinski definition) is 4. The van der Waals surface area contributed by atoms with Crippen molar-refractivity contribution < 1.29 is 27.8 Å². The average molecular weight is 429 g/mol. The molecule has 2 aromatic rings. The zero-order chi connectivity index (χ0) is 22.2. The number of ketones is 1. The second kappa shape index (κ2) is 6.66. The van der Waals surface area contributed by atoms with Crippen molar-refractivity contribution in [1.29, 1.82) is 0 Å². The van der Waals surface area contributed by atoms with E-state index < -0.39 is 41.7 Å². The fraction of sp³-hybridized carbons (Fsp3) is 0.417. The molecular formula is C24H22F3NO3. The van der Waals surface area contributed by atoms with Crippen LogP contribution in [0, 0.1) is 32.6 Å². The molecular weight excluding hydrogens is 407 g/mol. The summed E-state index contributed by atoms with van der Waals surface area (Å²) >= 11 is 0. The number of fused-ring (bicyclic) bond motifs is 5.